The molecule has 0 aliphatic heterocycles. The highest BCUT2D eigenvalue weighted by Crippen LogP contribution is 2.15. The first kappa shape index (κ1) is 9.65. The summed E-state index contributed by atoms with van der Waals surface area (Å²) in [5.74, 6) is -0.150. The Morgan fingerprint density at radius 3 is 3.06 bits per heavy atom. The molecule has 0 unspecified atom stereocenters. The van der Waals surface area contributed by atoms with Crippen molar-refractivity contribution in [1.29, 1.82) is 0 Å². The summed E-state index contributed by atoms with van der Waals surface area (Å²) in [5, 5.41) is 10.2. The standard InChI is InChI=1S/C12H10N4O/c17-12(16-10-6-14-15-7-10)9-2-1-8-3-4-13-11(8)5-9/h1-7,13H,(H,14,15)(H,16,17). The van der Waals surface area contributed by atoms with Crippen LogP contribution >= 0.6 is 0 Å². The minimum atomic E-state index is -0.150. The minimum Gasteiger partial charge on any atom is -0.361 e. The molecule has 3 N–H and O–H groups in total. The molecule has 0 saturated heterocycles. The molecule has 2 heterocycles. The van der Waals surface area contributed by atoms with Crippen LogP contribution in [0.3, 0.4) is 0 Å². The molecule has 0 aliphatic rings. The topological polar surface area (TPSA) is 73.6 Å². The number of aromatic amines is 2. The van der Waals surface area contributed by atoms with Gasteiger partial charge < -0.3 is 10.3 Å². The van der Waals surface area contributed by atoms with Gasteiger partial charge in [-0.2, -0.15) is 5.10 Å². The number of amides is 1. The fourth-order valence-corrected chi connectivity index (χ4v) is 1.71. The maximum atomic E-state index is 11.9. The molecule has 84 valence electrons. The molecule has 17 heavy (non-hydrogen) atoms. The van der Waals surface area contributed by atoms with Crippen LogP contribution in [0, 0.1) is 0 Å². The Labute approximate surface area is 96.9 Å². The summed E-state index contributed by atoms with van der Waals surface area (Å²) in [5.41, 5.74) is 2.22. The molecule has 3 rings (SSSR count). The summed E-state index contributed by atoms with van der Waals surface area (Å²) in [7, 11) is 0. The maximum absolute atomic E-state index is 11.9. The first-order chi connectivity index (χ1) is 8.33. The van der Waals surface area contributed by atoms with Gasteiger partial charge in [0.15, 0.2) is 0 Å². The van der Waals surface area contributed by atoms with Crippen LogP contribution in [-0.2, 0) is 0 Å². The summed E-state index contributed by atoms with van der Waals surface area (Å²) in [6.45, 7) is 0. The zero-order chi connectivity index (χ0) is 11.7. The van der Waals surface area contributed by atoms with E-state index in [1.165, 1.54) is 0 Å². The Balaban J connectivity index is 1.90. The van der Waals surface area contributed by atoms with Gasteiger partial charge in [-0.1, -0.05) is 6.07 Å². The molecule has 1 aromatic carbocycles. The molecular formula is C12H10N4O. The molecule has 0 aliphatic carbocycles. The molecule has 5 nitrogen and oxygen atoms in total. The van der Waals surface area contributed by atoms with Crippen LogP contribution in [0.1, 0.15) is 10.4 Å². The van der Waals surface area contributed by atoms with E-state index in [2.05, 4.69) is 20.5 Å². The molecule has 0 spiro atoms. The van der Waals surface area contributed by atoms with Gasteiger partial charge in [-0.15, -0.1) is 0 Å². The molecule has 5 heteroatoms. The quantitative estimate of drug-likeness (QED) is 0.626. The number of nitrogens with zero attached hydrogens (tertiary/aromatic N) is 1. The number of nitrogens with one attached hydrogen (secondary N) is 3. The Bertz CT molecular complexity index is 654. The first-order valence-electron chi connectivity index (χ1n) is 5.20. The molecule has 2 aromatic heterocycles. The number of H-pyrrole nitrogens is 2. The zero-order valence-corrected chi connectivity index (χ0v) is 8.90. The molecule has 0 atom stereocenters. The van der Waals surface area contributed by atoms with Crippen molar-refractivity contribution >= 4 is 22.5 Å². The molecule has 3 aromatic rings. The number of rotatable bonds is 2. The van der Waals surface area contributed by atoms with E-state index in [9.17, 15) is 4.79 Å². The van der Waals surface area contributed by atoms with E-state index in [4.69, 9.17) is 0 Å². The largest absolute Gasteiger partial charge is 0.361 e. The fourth-order valence-electron chi connectivity index (χ4n) is 1.71. The Hall–Kier alpha value is -2.56. The SMILES string of the molecule is O=C(Nc1cn[nH]c1)c1ccc2cc[nH]c2c1. The number of hydrogen-bond donors (Lipinski definition) is 3. The molecule has 0 radical (unpaired) electrons. The van der Waals surface area contributed by atoms with Crippen molar-refractivity contribution < 1.29 is 4.79 Å². The van der Waals surface area contributed by atoms with Gasteiger partial charge in [-0.05, 0) is 23.6 Å². The van der Waals surface area contributed by atoms with Crippen molar-refractivity contribution in [3.05, 3.63) is 48.4 Å². The van der Waals surface area contributed by atoms with Gasteiger partial charge in [0.25, 0.3) is 5.91 Å². The van der Waals surface area contributed by atoms with Crippen molar-refractivity contribution in [2.75, 3.05) is 5.32 Å². The maximum Gasteiger partial charge on any atom is 0.255 e. The molecule has 1 amide bonds. The van der Waals surface area contributed by atoms with E-state index in [1.807, 2.05) is 24.4 Å². The second-order valence-corrected chi connectivity index (χ2v) is 3.72. The Morgan fingerprint density at radius 2 is 2.24 bits per heavy atom. The van der Waals surface area contributed by atoms with Crippen LogP contribution in [0.5, 0.6) is 0 Å². The summed E-state index contributed by atoms with van der Waals surface area (Å²) in [6, 6.07) is 7.50. The molecule has 0 saturated carbocycles. The lowest BCUT2D eigenvalue weighted by Gasteiger charge is -2.02. The second-order valence-electron chi connectivity index (χ2n) is 3.72. The highest BCUT2D eigenvalue weighted by Gasteiger charge is 2.07. The van der Waals surface area contributed by atoms with Crippen molar-refractivity contribution in [2.24, 2.45) is 0 Å². The van der Waals surface area contributed by atoms with Crippen LogP contribution in [0.25, 0.3) is 10.9 Å². The molecule has 0 bridgehead atoms. The lowest BCUT2D eigenvalue weighted by molar-refractivity contribution is 0.102. The number of carbonyl (C=O) groups excluding carboxylic acids is 1. The number of fused-ring (bicyclic) bond motifs is 1. The van der Waals surface area contributed by atoms with Gasteiger partial charge >= 0.3 is 0 Å². The van der Waals surface area contributed by atoms with E-state index < -0.39 is 0 Å². The summed E-state index contributed by atoms with van der Waals surface area (Å²) in [4.78, 5) is 15.0. The van der Waals surface area contributed by atoms with Gasteiger partial charge in [0.05, 0.1) is 11.9 Å². The normalized spacial score (nSPS) is 10.6. The Morgan fingerprint density at radius 1 is 1.29 bits per heavy atom. The Kier molecular flexibility index (Phi) is 2.15. The first-order valence-corrected chi connectivity index (χ1v) is 5.20. The van der Waals surface area contributed by atoms with Crippen molar-refractivity contribution in [2.45, 2.75) is 0 Å². The highest BCUT2D eigenvalue weighted by atomic mass is 16.1. The van der Waals surface area contributed by atoms with E-state index in [0.717, 1.165) is 10.9 Å². The van der Waals surface area contributed by atoms with Crippen molar-refractivity contribution in [1.82, 2.24) is 15.2 Å². The number of carbonyl (C=O) groups is 1. The van der Waals surface area contributed by atoms with E-state index in [-0.39, 0.29) is 5.91 Å². The van der Waals surface area contributed by atoms with Gasteiger partial charge in [0.1, 0.15) is 0 Å². The minimum absolute atomic E-state index is 0.150. The summed E-state index contributed by atoms with van der Waals surface area (Å²) < 4.78 is 0. The van der Waals surface area contributed by atoms with Crippen LogP contribution in [0.15, 0.2) is 42.9 Å². The summed E-state index contributed by atoms with van der Waals surface area (Å²) >= 11 is 0. The number of aromatic nitrogens is 3. The second kappa shape index (κ2) is 3.79. The van der Waals surface area contributed by atoms with E-state index >= 15 is 0 Å². The highest BCUT2D eigenvalue weighted by molar-refractivity contribution is 6.06. The van der Waals surface area contributed by atoms with Crippen LogP contribution < -0.4 is 5.32 Å². The fraction of sp³-hybridized carbons (Fsp3) is 0. The number of hydrogen-bond acceptors (Lipinski definition) is 2. The van der Waals surface area contributed by atoms with Crippen molar-refractivity contribution in [3.8, 4) is 0 Å². The predicted octanol–water partition coefficient (Wildman–Crippen LogP) is 2.14. The van der Waals surface area contributed by atoms with Crippen LogP contribution in [-0.4, -0.2) is 21.1 Å². The summed E-state index contributed by atoms with van der Waals surface area (Å²) in [6.07, 6.45) is 5.04. The smallest absolute Gasteiger partial charge is 0.255 e. The van der Waals surface area contributed by atoms with Crippen LogP contribution in [0.2, 0.25) is 0 Å². The van der Waals surface area contributed by atoms with Crippen molar-refractivity contribution in [3.63, 3.8) is 0 Å². The lowest BCUT2D eigenvalue weighted by atomic mass is 10.1. The average Bonchev–Trinajstić information content (AvgIpc) is 2.97. The average molecular weight is 226 g/mol. The third kappa shape index (κ3) is 1.78. The monoisotopic (exact) mass is 226 g/mol. The molecular weight excluding hydrogens is 216 g/mol. The number of anilines is 1. The van der Waals surface area contributed by atoms with Gasteiger partial charge in [-0.25, -0.2) is 0 Å². The van der Waals surface area contributed by atoms with E-state index in [1.54, 1.807) is 18.5 Å². The third-order valence-corrected chi connectivity index (χ3v) is 2.57. The van der Waals surface area contributed by atoms with Gasteiger partial charge in [0.2, 0.25) is 0 Å². The van der Waals surface area contributed by atoms with Crippen LogP contribution in [0.4, 0.5) is 5.69 Å². The lowest BCUT2D eigenvalue weighted by Crippen LogP contribution is -2.11. The molecule has 0 fully saturated rings. The van der Waals surface area contributed by atoms with Gasteiger partial charge in [-0.3, -0.25) is 9.89 Å². The van der Waals surface area contributed by atoms with Gasteiger partial charge in [0, 0.05) is 23.5 Å². The predicted molar refractivity (Wildman–Crippen MR) is 64.8 cm³/mol. The van der Waals surface area contributed by atoms with E-state index in [0.29, 0.717) is 11.3 Å². The zero-order valence-electron chi connectivity index (χ0n) is 8.90. The number of benzene rings is 1. The third-order valence-electron chi connectivity index (χ3n) is 2.57.